The van der Waals surface area contributed by atoms with Crippen LogP contribution in [0.25, 0.3) is 10.8 Å². The quantitative estimate of drug-likeness (QED) is 0.619. The van der Waals surface area contributed by atoms with E-state index in [1.54, 1.807) is 6.07 Å². The van der Waals surface area contributed by atoms with E-state index in [1.165, 1.54) is 0 Å². The number of fused-ring (bicyclic) bond motifs is 1. The summed E-state index contributed by atoms with van der Waals surface area (Å²) in [6.07, 6.45) is 0. The number of anilines is 1. The zero-order valence-electron chi connectivity index (χ0n) is 17.0. The Morgan fingerprint density at radius 2 is 1.83 bits per heavy atom. The van der Waals surface area contributed by atoms with E-state index in [0.29, 0.717) is 17.2 Å². The molecule has 1 aliphatic heterocycles. The van der Waals surface area contributed by atoms with Crippen molar-refractivity contribution in [2.45, 2.75) is 6.92 Å². The topological polar surface area (TPSA) is 50.8 Å². The van der Waals surface area contributed by atoms with Gasteiger partial charge in [-0.15, -0.1) is 0 Å². The van der Waals surface area contributed by atoms with E-state index >= 15 is 0 Å². The molecule has 0 unspecified atom stereocenters. The second-order valence-electron chi connectivity index (χ2n) is 7.35. The van der Waals surface area contributed by atoms with Crippen LogP contribution in [0.15, 0.2) is 54.6 Å². The van der Waals surface area contributed by atoms with Crippen molar-refractivity contribution in [1.82, 2.24) is 4.90 Å². The number of morpholine rings is 1. The summed E-state index contributed by atoms with van der Waals surface area (Å²) in [6, 6.07) is 17.2. The zero-order chi connectivity index (χ0) is 20.9. The molecule has 1 N–H and O–H groups in total. The number of nitrogens with zero attached hydrogens (tertiary/aromatic N) is 1. The zero-order valence-corrected chi connectivity index (χ0v) is 17.7. The molecule has 6 heteroatoms. The summed E-state index contributed by atoms with van der Waals surface area (Å²) in [5.41, 5.74) is 2.07. The molecule has 4 rings (SSSR count). The van der Waals surface area contributed by atoms with E-state index in [4.69, 9.17) is 21.1 Å². The number of hydrogen-bond donors (Lipinski definition) is 1. The third-order valence-electron chi connectivity index (χ3n) is 5.34. The number of amides is 1. The molecule has 3 aromatic carbocycles. The standard InChI is InChI=1S/C24H25ClN2O3/c1-17-5-4-8-20(23(17)25)24(28)26-21-9-10-22(19-7-3-2-6-18(19)21)30-16-13-27-11-14-29-15-12-27/h2-10H,11-16H2,1H3,(H,26,28). The van der Waals surface area contributed by atoms with Crippen molar-refractivity contribution in [1.29, 1.82) is 0 Å². The Bertz CT molecular complexity index is 1050. The van der Waals surface area contributed by atoms with E-state index in [-0.39, 0.29) is 5.91 Å². The molecule has 0 aromatic heterocycles. The van der Waals surface area contributed by atoms with E-state index in [0.717, 1.165) is 60.6 Å². The Kier molecular flexibility index (Phi) is 6.53. The second-order valence-corrected chi connectivity index (χ2v) is 7.73. The molecule has 156 valence electrons. The number of aryl methyl sites for hydroxylation is 1. The summed E-state index contributed by atoms with van der Waals surface area (Å²) in [5.74, 6) is 0.584. The lowest BCUT2D eigenvalue weighted by molar-refractivity contribution is 0.0323. The van der Waals surface area contributed by atoms with Crippen LogP contribution in [0.5, 0.6) is 5.75 Å². The van der Waals surface area contributed by atoms with Crippen LogP contribution < -0.4 is 10.1 Å². The molecular weight excluding hydrogens is 400 g/mol. The van der Waals surface area contributed by atoms with Gasteiger partial charge in [-0.25, -0.2) is 0 Å². The van der Waals surface area contributed by atoms with E-state index < -0.39 is 0 Å². The summed E-state index contributed by atoms with van der Waals surface area (Å²) in [4.78, 5) is 15.2. The van der Waals surface area contributed by atoms with E-state index in [2.05, 4.69) is 10.2 Å². The largest absolute Gasteiger partial charge is 0.492 e. The predicted octanol–water partition coefficient (Wildman–Crippen LogP) is 4.76. The number of nitrogens with one attached hydrogen (secondary N) is 1. The minimum Gasteiger partial charge on any atom is -0.492 e. The molecule has 0 bridgehead atoms. The highest BCUT2D eigenvalue weighted by atomic mass is 35.5. The fourth-order valence-corrected chi connectivity index (χ4v) is 3.84. The average Bonchev–Trinajstić information content (AvgIpc) is 2.77. The predicted molar refractivity (Wildman–Crippen MR) is 121 cm³/mol. The summed E-state index contributed by atoms with van der Waals surface area (Å²) in [5, 5.41) is 5.37. The van der Waals surface area contributed by atoms with Gasteiger partial charge in [0.15, 0.2) is 0 Å². The van der Waals surface area contributed by atoms with Crippen molar-refractivity contribution in [3.63, 3.8) is 0 Å². The van der Waals surface area contributed by atoms with Gasteiger partial charge in [0, 0.05) is 36.1 Å². The van der Waals surface area contributed by atoms with Crippen molar-refractivity contribution >= 4 is 34.0 Å². The van der Waals surface area contributed by atoms with Gasteiger partial charge in [0.1, 0.15) is 12.4 Å². The molecule has 1 saturated heterocycles. The van der Waals surface area contributed by atoms with Crippen LogP contribution in [-0.4, -0.2) is 50.3 Å². The third kappa shape index (κ3) is 4.59. The van der Waals surface area contributed by atoms with Gasteiger partial charge < -0.3 is 14.8 Å². The van der Waals surface area contributed by atoms with Gasteiger partial charge in [0.25, 0.3) is 5.91 Å². The number of rotatable bonds is 6. The molecular formula is C24H25ClN2O3. The maximum absolute atomic E-state index is 12.8. The molecule has 1 heterocycles. The first kappa shape index (κ1) is 20.7. The van der Waals surface area contributed by atoms with Gasteiger partial charge in [-0.1, -0.05) is 48.0 Å². The Morgan fingerprint density at radius 1 is 1.07 bits per heavy atom. The summed E-state index contributed by atoms with van der Waals surface area (Å²) < 4.78 is 11.5. The van der Waals surface area contributed by atoms with Crippen molar-refractivity contribution in [2.75, 3.05) is 44.8 Å². The van der Waals surface area contributed by atoms with Crippen LogP contribution >= 0.6 is 11.6 Å². The molecule has 30 heavy (non-hydrogen) atoms. The first-order valence-corrected chi connectivity index (χ1v) is 10.5. The molecule has 1 amide bonds. The maximum atomic E-state index is 12.8. The van der Waals surface area contributed by atoms with Gasteiger partial charge in [0.05, 0.1) is 23.8 Å². The number of carbonyl (C=O) groups excluding carboxylic acids is 1. The minimum atomic E-state index is -0.227. The van der Waals surface area contributed by atoms with Gasteiger partial charge >= 0.3 is 0 Å². The lowest BCUT2D eigenvalue weighted by Crippen LogP contribution is -2.38. The Labute approximate surface area is 181 Å². The monoisotopic (exact) mass is 424 g/mol. The summed E-state index contributed by atoms with van der Waals surface area (Å²) in [7, 11) is 0. The van der Waals surface area contributed by atoms with Crippen LogP contribution in [-0.2, 0) is 4.74 Å². The number of hydrogen-bond acceptors (Lipinski definition) is 4. The molecule has 0 radical (unpaired) electrons. The van der Waals surface area contributed by atoms with Crippen LogP contribution in [0, 0.1) is 6.92 Å². The molecule has 0 atom stereocenters. The molecule has 0 spiro atoms. The maximum Gasteiger partial charge on any atom is 0.257 e. The highest BCUT2D eigenvalue weighted by Crippen LogP contribution is 2.32. The fourth-order valence-electron chi connectivity index (χ4n) is 3.63. The second kappa shape index (κ2) is 9.47. The van der Waals surface area contributed by atoms with E-state index in [9.17, 15) is 4.79 Å². The Morgan fingerprint density at radius 3 is 2.63 bits per heavy atom. The van der Waals surface area contributed by atoms with Crippen LogP contribution in [0.3, 0.4) is 0 Å². The number of ether oxygens (including phenoxy) is 2. The van der Waals surface area contributed by atoms with Gasteiger partial charge in [-0.05, 0) is 30.7 Å². The third-order valence-corrected chi connectivity index (χ3v) is 5.84. The molecule has 3 aromatic rings. The number of halogens is 1. The smallest absolute Gasteiger partial charge is 0.257 e. The minimum absolute atomic E-state index is 0.227. The van der Waals surface area contributed by atoms with Crippen molar-refractivity contribution in [2.24, 2.45) is 0 Å². The molecule has 5 nitrogen and oxygen atoms in total. The molecule has 0 aliphatic carbocycles. The highest BCUT2D eigenvalue weighted by Gasteiger charge is 2.15. The van der Waals surface area contributed by atoms with Crippen molar-refractivity contribution < 1.29 is 14.3 Å². The Balaban J connectivity index is 1.51. The van der Waals surface area contributed by atoms with Crippen LogP contribution in [0.1, 0.15) is 15.9 Å². The molecule has 1 aliphatic rings. The average molecular weight is 425 g/mol. The SMILES string of the molecule is Cc1cccc(C(=O)Nc2ccc(OCCN3CCOCC3)c3ccccc23)c1Cl. The van der Waals surface area contributed by atoms with Crippen molar-refractivity contribution in [3.05, 3.63) is 70.7 Å². The van der Waals surface area contributed by atoms with E-state index in [1.807, 2.05) is 55.5 Å². The first-order chi connectivity index (χ1) is 14.6. The van der Waals surface area contributed by atoms with Crippen LogP contribution in [0.2, 0.25) is 5.02 Å². The summed E-state index contributed by atoms with van der Waals surface area (Å²) in [6.45, 7) is 6.80. The first-order valence-electron chi connectivity index (χ1n) is 10.1. The number of carbonyl (C=O) groups is 1. The summed E-state index contributed by atoms with van der Waals surface area (Å²) >= 11 is 6.33. The number of benzene rings is 3. The lowest BCUT2D eigenvalue weighted by Gasteiger charge is -2.26. The molecule has 0 saturated carbocycles. The van der Waals surface area contributed by atoms with Crippen LogP contribution in [0.4, 0.5) is 5.69 Å². The normalized spacial score (nSPS) is 14.6. The van der Waals surface area contributed by atoms with Crippen molar-refractivity contribution in [3.8, 4) is 5.75 Å². The lowest BCUT2D eigenvalue weighted by atomic mass is 10.1. The van der Waals surface area contributed by atoms with Gasteiger partial charge in [0.2, 0.25) is 0 Å². The Hall–Kier alpha value is -2.60. The van der Waals surface area contributed by atoms with Gasteiger partial charge in [-0.3, -0.25) is 9.69 Å². The fraction of sp³-hybridized carbons (Fsp3) is 0.292. The van der Waals surface area contributed by atoms with Gasteiger partial charge in [-0.2, -0.15) is 0 Å². The highest BCUT2D eigenvalue weighted by molar-refractivity contribution is 6.35. The molecule has 1 fully saturated rings.